The summed E-state index contributed by atoms with van der Waals surface area (Å²) in [7, 11) is 0. The first-order valence-electron chi connectivity index (χ1n) is 6.15. The van der Waals surface area contributed by atoms with Crippen LogP contribution in [0.15, 0.2) is 18.2 Å². The molecule has 19 heavy (non-hydrogen) atoms. The number of hydrogen-bond donors (Lipinski definition) is 2. The van der Waals surface area contributed by atoms with Crippen LogP contribution in [0, 0.1) is 0 Å². The van der Waals surface area contributed by atoms with E-state index in [0.717, 1.165) is 11.6 Å². The quantitative estimate of drug-likeness (QED) is 0.885. The molecule has 1 aromatic carbocycles. The standard InChI is InChI=1S/C13H17F3N2O/c1-8(19)6-18-7-9-2-3-10(13(14,15)16)4-11(9)12(18)5-17/h2-4,8,12,19H,5-7,17H2,1H3. The van der Waals surface area contributed by atoms with Gasteiger partial charge in [0, 0.05) is 25.7 Å². The molecule has 0 radical (unpaired) electrons. The molecule has 3 nitrogen and oxygen atoms in total. The maximum absolute atomic E-state index is 12.7. The number of nitrogens with two attached hydrogens (primary N) is 1. The SMILES string of the molecule is CC(O)CN1Cc2ccc(C(F)(F)F)cc2C1CN. The van der Waals surface area contributed by atoms with Crippen LogP contribution in [0.25, 0.3) is 0 Å². The summed E-state index contributed by atoms with van der Waals surface area (Å²) in [6.07, 6.45) is -4.88. The molecule has 1 aliphatic rings. The van der Waals surface area contributed by atoms with Gasteiger partial charge in [-0.05, 0) is 30.2 Å². The van der Waals surface area contributed by atoms with E-state index in [1.165, 1.54) is 12.1 Å². The number of benzene rings is 1. The Morgan fingerprint density at radius 2 is 2.16 bits per heavy atom. The molecule has 0 aliphatic carbocycles. The molecule has 0 spiro atoms. The van der Waals surface area contributed by atoms with Gasteiger partial charge in [0.2, 0.25) is 0 Å². The van der Waals surface area contributed by atoms with Crippen LogP contribution < -0.4 is 5.73 Å². The van der Waals surface area contributed by atoms with Crippen molar-refractivity contribution < 1.29 is 18.3 Å². The fourth-order valence-corrected chi connectivity index (χ4v) is 2.56. The van der Waals surface area contributed by atoms with Crippen molar-refractivity contribution in [3.63, 3.8) is 0 Å². The van der Waals surface area contributed by atoms with Gasteiger partial charge in [0.15, 0.2) is 0 Å². The lowest BCUT2D eigenvalue weighted by Crippen LogP contribution is -2.33. The number of fused-ring (bicyclic) bond motifs is 1. The zero-order valence-electron chi connectivity index (χ0n) is 10.6. The molecule has 0 fully saturated rings. The minimum absolute atomic E-state index is 0.237. The van der Waals surface area contributed by atoms with Crippen LogP contribution in [0.3, 0.4) is 0 Å². The van der Waals surface area contributed by atoms with E-state index in [-0.39, 0.29) is 12.6 Å². The summed E-state index contributed by atoms with van der Waals surface area (Å²) >= 11 is 0. The summed E-state index contributed by atoms with van der Waals surface area (Å²) in [4.78, 5) is 1.91. The molecule has 0 amide bonds. The minimum Gasteiger partial charge on any atom is -0.392 e. The molecule has 0 saturated heterocycles. The Morgan fingerprint density at radius 1 is 1.47 bits per heavy atom. The summed E-state index contributed by atoms with van der Waals surface area (Å²) in [5.74, 6) is 0. The Hall–Kier alpha value is -1.11. The molecule has 1 heterocycles. The van der Waals surface area contributed by atoms with Gasteiger partial charge in [-0.1, -0.05) is 6.07 Å². The van der Waals surface area contributed by atoms with Crippen LogP contribution in [-0.2, 0) is 12.7 Å². The predicted molar refractivity (Wildman–Crippen MR) is 65.3 cm³/mol. The van der Waals surface area contributed by atoms with Gasteiger partial charge in [-0.2, -0.15) is 13.2 Å². The monoisotopic (exact) mass is 274 g/mol. The summed E-state index contributed by atoms with van der Waals surface area (Å²) in [6.45, 7) is 2.82. The van der Waals surface area contributed by atoms with Gasteiger partial charge in [0.1, 0.15) is 0 Å². The summed E-state index contributed by atoms with van der Waals surface area (Å²) < 4.78 is 38.1. The Kier molecular flexibility index (Phi) is 3.85. The maximum atomic E-state index is 12.7. The first kappa shape index (κ1) is 14.3. The van der Waals surface area contributed by atoms with Crippen LogP contribution >= 0.6 is 0 Å². The van der Waals surface area contributed by atoms with Crippen LogP contribution in [0.5, 0.6) is 0 Å². The highest BCUT2D eigenvalue weighted by Gasteiger charge is 2.35. The van der Waals surface area contributed by atoms with Crippen molar-refractivity contribution in [3.05, 3.63) is 34.9 Å². The average molecular weight is 274 g/mol. The molecular weight excluding hydrogens is 257 g/mol. The number of β-amino-alcohol motifs (C(OH)–C–C–N with tert-alkyl or cyclic N) is 1. The highest BCUT2D eigenvalue weighted by Crippen LogP contribution is 2.37. The molecule has 2 unspecified atom stereocenters. The van der Waals surface area contributed by atoms with Gasteiger partial charge in [-0.15, -0.1) is 0 Å². The number of aliphatic hydroxyl groups is 1. The first-order valence-corrected chi connectivity index (χ1v) is 6.15. The molecule has 2 atom stereocenters. The molecule has 6 heteroatoms. The van der Waals surface area contributed by atoms with Crippen LogP contribution in [-0.4, -0.2) is 29.2 Å². The first-order chi connectivity index (χ1) is 8.82. The molecule has 2 rings (SSSR count). The summed E-state index contributed by atoms with van der Waals surface area (Å²) in [5.41, 5.74) is 6.49. The van der Waals surface area contributed by atoms with Gasteiger partial charge < -0.3 is 10.8 Å². The molecule has 1 aliphatic heterocycles. The molecule has 3 N–H and O–H groups in total. The van der Waals surface area contributed by atoms with E-state index in [1.54, 1.807) is 6.92 Å². The van der Waals surface area contributed by atoms with Gasteiger partial charge >= 0.3 is 6.18 Å². The molecule has 0 bridgehead atoms. The van der Waals surface area contributed by atoms with E-state index < -0.39 is 17.8 Å². The number of halogens is 3. The second kappa shape index (κ2) is 5.11. The normalized spacial score (nSPS) is 21.5. The number of hydrogen-bond acceptors (Lipinski definition) is 3. The van der Waals surface area contributed by atoms with Crippen molar-refractivity contribution in [1.82, 2.24) is 4.90 Å². The summed E-state index contributed by atoms with van der Waals surface area (Å²) in [6, 6.07) is 3.52. The Morgan fingerprint density at radius 3 is 2.68 bits per heavy atom. The zero-order valence-corrected chi connectivity index (χ0v) is 10.6. The molecule has 1 aromatic rings. The smallest absolute Gasteiger partial charge is 0.392 e. The number of alkyl halides is 3. The van der Waals surface area contributed by atoms with Gasteiger partial charge in [-0.3, -0.25) is 4.90 Å². The van der Waals surface area contributed by atoms with Crippen molar-refractivity contribution in [3.8, 4) is 0 Å². The van der Waals surface area contributed by atoms with E-state index in [1.807, 2.05) is 4.90 Å². The van der Waals surface area contributed by atoms with Crippen LogP contribution in [0.4, 0.5) is 13.2 Å². The van der Waals surface area contributed by atoms with E-state index in [4.69, 9.17) is 5.73 Å². The van der Waals surface area contributed by atoms with Crippen molar-refractivity contribution in [2.24, 2.45) is 5.73 Å². The van der Waals surface area contributed by atoms with E-state index in [9.17, 15) is 18.3 Å². The third-order valence-corrected chi connectivity index (χ3v) is 3.37. The second-order valence-electron chi connectivity index (χ2n) is 4.94. The third kappa shape index (κ3) is 2.91. The topological polar surface area (TPSA) is 49.5 Å². The Bertz CT molecular complexity index is 460. The molecule has 0 aromatic heterocycles. The molecular formula is C13H17F3N2O. The fourth-order valence-electron chi connectivity index (χ4n) is 2.56. The number of nitrogens with zero attached hydrogens (tertiary/aromatic N) is 1. The Balaban J connectivity index is 2.32. The van der Waals surface area contributed by atoms with E-state index in [0.29, 0.717) is 18.7 Å². The molecule has 0 saturated carbocycles. The summed E-state index contributed by atoms with van der Waals surface area (Å²) in [5, 5.41) is 9.43. The van der Waals surface area contributed by atoms with Crippen molar-refractivity contribution in [2.75, 3.05) is 13.1 Å². The molecule has 106 valence electrons. The fraction of sp³-hybridized carbons (Fsp3) is 0.538. The van der Waals surface area contributed by atoms with E-state index >= 15 is 0 Å². The highest BCUT2D eigenvalue weighted by atomic mass is 19.4. The minimum atomic E-state index is -4.34. The largest absolute Gasteiger partial charge is 0.416 e. The van der Waals surface area contributed by atoms with Crippen molar-refractivity contribution >= 4 is 0 Å². The van der Waals surface area contributed by atoms with Crippen molar-refractivity contribution in [1.29, 1.82) is 0 Å². The highest BCUT2D eigenvalue weighted by molar-refractivity contribution is 5.39. The zero-order chi connectivity index (χ0) is 14.2. The number of rotatable bonds is 3. The maximum Gasteiger partial charge on any atom is 0.416 e. The number of aliphatic hydroxyl groups excluding tert-OH is 1. The average Bonchev–Trinajstić information content (AvgIpc) is 2.62. The van der Waals surface area contributed by atoms with Gasteiger partial charge in [0.05, 0.1) is 11.7 Å². The second-order valence-corrected chi connectivity index (χ2v) is 4.94. The third-order valence-electron chi connectivity index (χ3n) is 3.37. The van der Waals surface area contributed by atoms with E-state index in [2.05, 4.69) is 0 Å². The lowest BCUT2D eigenvalue weighted by molar-refractivity contribution is -0.137. The van der Waals surface area contributed by atoms with Crippen molar-refractivity contribution in [2.45, 2.75) is 31.8 Å². The van der Waals surface area contributed by atoms with Gasteiger partial charge in [0.25, 0.3) is 0 Å². The Labute approximate surface area is 109 Å². The van der Waals surface area contributed by atoms with Crippen LogP contribution in [0.2, 0.25) is 0 Å². The predicted octanol–water partition coefficient (Wildman–Crippen LogP) is 1.90. The van der Waals surface area contributed by atoms with Gasteiger partial charge in [-0.25, -0.2) is 0 Å². The lowest BCUT2D eigenvalue weighted by atomic mass is 10.0. The van der Waals surface area contributed by atoms with Crippen LogP contribution in [0.1, 0.15) is 29.7 Å². The lowest BCUT2D eigenvalue weighted by Gasteiger charge is -2.25.